The molecule has 34 heavy (non-hydrogen) atoms. The number of anilines is 1. The zero-order chi connectivity index (χ0) is 23.8. The van der Waals surface area contributed by atoms with Crippen molar-refractivity contribution in [3.05, 3.63) is 65.5 Å². The van der Waals surface area contributed by atoms with Crippen molar-refractivity contribution >= 4 is 23.5 Å². The predicted molar refractivity (Wildman–Crippen MR) is 125 cm³/mol. The van der Waals surface area contributed by atoms with Gasteiger partial charge in [0, 0.05) is 35.7 Å². The Kier molecular flexibility index (Phi) is 6.11. The first-order chi connectivity index (χ1) is 16.5. The lowest BCUT2D eigenvalue weighted by atomic mass is 9.78. The normalized spacial score (nSPS) is 23.6. The molecule has 0 bridgehead atoms. The molecule has 5 rings (SSSR count). The number of carboxylic acids is 1. The van der Waals surface area contributed by atoms with Gasteiger partial charge in [-0.1, -0.05) is 24.6 Å². The van der Waals surface area contributed by atoms with Crippen LogP contribution in [0.5, 0.6) is 0 Å². The maximum absolute atomic E-state index is 13.7. The molecule has 7 heteroatoms. The van der Waals surface area contributed by atoms with Gasteiger partial charge in [0.2, 0.25) is 5.91 Å². The highest BCUT2D eigenvalue weighted by molar-refractivity contribution is 6.07. The van der Waals surface area contributed by atoms with E-state index in [2.05, 4.69) is 0 Å². The van der Waals surface area contributed by atoms with Gasteiger partial charge in [0.25, 0.3) is 5.91 Å². The molecule has 2 aromatic rings. The van der Waals surface area contributed by atoms with E-state index < -0.39 is 5.97 Å². The minimum atomic E-state index is -0.972. The maximum Gasteiger partial charge on any atom is 0.303 e. The number of halogens is 1. The number of amides is 2. The SMILES string of the molecule is O=C(O)CCC(=O)N(C1CCC1)C1c2ccccc2N(C(=O)c2ccc(F)cc2)C2CCCC21. The highest BCUT2D eigenvalue weighted by atomic mass is 19.1. The summed E-state index contributed by atoms with van der Waals surface area (Å²) in [6.07, 6.45) is 5.40. The summed E-state index contributed by atoms with van der Waals surface area (Å²) in [5.74, 6) is -1.55. The quantitative estimate of drug-likeness (QED) is 0.657. The maximum atomic E-state index is 13.7. The zero-order valence-corrected chi connectivity index (χ0v) is 19.0. The lowest BCUT2D eigenvalue weighted by Crippen LogP contribution is -2.55. The van der Waals surface area contributed by atoms with Crippen molar-refractivity contribution in [2.24, 2.45) is 5.92 Å². The van der Waals surface area contributed by atoms with Gasteiger partial charge in [-0.2, -0.15) is 0 Å². The number of carbonyl (C=O) groups excluding carboxylic acids is 2. The van der Waals surface area contributed by atoms with Gasteiger partial charge in [0.15, 0.2) is 0 Å². The molecule has 2 amide bonds. The number of fused-ring (bicyclic) bond motifs is 2. The molecule has 3 atom stereocenters. The van der Waals surface area contributed by atoms with Crippen molar-refractivity contribution in [1.29, 1.82) is 0 Å². The van der Waals surface area contributed by atoms with E-state index in [4.69, 9.17) is 5.11 Å². The number of aliphatic carboxylic acids is 1. The van der Waals surface area contributed by atoms with Crippen LogP contribution in [0.15, 0.2) is 48.5 Å². The highest BCUT2D eigenvalue weighted by Crippen LogP contribution is 2.52. The van der Waals surface area contributed by atoms with E-state index in [-0.39, 0.29) is 54.5 Å². The highest BCUT2D eigenvalue weighted by Gasteiger charge is 2.50. The van der Waals surface area contributed by atoms with E-state index in [0.717, 1.165) is 49.8 Å². The largest absolute Gasteiger partial charge is 0.481 e. The average Bonchev–Trinajstić information content (AvgIpc) is 3.27. The van der Waals surface area contributed by atoms with Crippen LogP contribution in [0.1, 0.15) is 73.3 Å². The van der Waals surface area contributed by atoms with Gasteiger partial charge in [-0.25, -0.2) is 4.39 Å². The van der Waals surface area contributed by atoms with Crippen LogP contribution in [0.3, 0.4) is 0 Å². The van der Waals surface area contributed by atoms with E-state index >= 15 is 0 Å². The van der Waals surface area contributed by atoms with Crippen molar-refractivity contribution in [2.75, 3.05) is 4.90 Å². The topological polar surface area (TPSA) is 77.9 Å². The van der Waals surface area contributed by atoms with Crippen LogP contribution < -0.4 is 4.90 Å². The monoisotopic (exact) mass is 464 g/mol. The summed E-state index contributed by atoms with van der Waals surface area (Å²) in [5.41, 5.74) is 2.17. The molecule has 0 aromatic heterocycles. The van der Waals surface area contributed by atoms with Crippen LogP contribution in [0.4, 0.5) is 10.1 Å². The van der Waals surface area contributed by atoms with Gasteiger partial charge in [-0.3, -0.25) is 14.4 Å². The van der Waals surface area contributed by atoms with Gasteiger partial charge in [0.1, 0.15) is 5.82 Å². The number of nitrogens with zero attached hydrogens (tertiary/aromatic N) is 2. The minimum absolute atomic E-state index is 0.0138. The van der Waals surface area contributed by atoms with Crippen LogP contribution in [0.25, 0.3) is 0 Å². The van der Waals surface area contributed by atoms with E-state index in [1.54, 1.807) is 0 Å². The van der Waals surface area contributed by atoms with Gasteiger partial charge in [-0.15, -0.1) is 0 Å². The molecule has 2 fully saturated rings. The number of hydrogen-bond donors (Lipinski definition) is 1. The number of hydrogen-bond acceptors (Lipinski definition) is 3. The summed E-state index contributed by atoms with van der Waals surface area (Å²) < 4.78 is 13.5. The van der Waals surface area contributed by atoms with Gasteiger partial charge in [-0.05, 0) is 68.0 Å². The number of carboxylic acid groups (broad SMARTS) is 1. The molecule has 2 aliphatic carbocycles. The first kappa shape index (κ1) is 22.6. The fourth-order valence-corrected chi connectivity index (χ4v) is 5.97. The molecule has 178 valence electrons. The Balaban J connectivity index is 1.56. The lowest BCUT2D eigenvalue weighted by Gasteiger charge is -2.51. The molecule has 0 radical (unpaired) electrons. The predicted octanol–water partition coefficient (Wildman–Crippen LogP) is 4.94. The van der Waals surface area contributed by atoms with E-state index in [0.29, 0.717) is 5.56 Å². The van der Waals surface area contributed by atoms with Crippen LogP contribution >= 0.6 is 0 Å². The fraction of sp³-hybridized carbons (Fsp3) is 0.444. The summed E-state index contributed by atoms with van der Waals surface area (Å²) in [5, 5.41) is 9.16. The average molecular weight is 465 g/mol. The fourth-order valence-electron chi connectivity index (χ4n) is 5.97. The Morgan fingerprint density at radius 2 is 1.65 bits per heavy atom. The second-order valence-electron chi connectivity index (χ2n) is 9.63. The van der Waals surface area contributed by atoms with Crippen LogP contribution in [-0.2, 0) is 9.59 Å². The standard InChI is InChI=1S/C27H29FN2O4/c28-18-13-11-17(12-14-18)27(34)30-22-9-2-1-7-20(22)26(21-8-4-10-23(21)30)29(19-5-3-6-19)24(31)15-16-25(32)33/h1-2,7,9,11-14,19,21,23,26H,3-6,8,10,15-16H2,(H,32,33). The number of para-hydroxylation sites is 1. The van der Waals surface area contributed by atoms with Crippen molar-refractivity contribution in [3.8, 4) is 0 Å². The molecule has 1 aliphatic heterocycles. The summed E-state index contributed by atoms with van der Waals surface area (Å²) in [4.78, 5) is 42.1. The molecule has 1 heterocycles. The molecule has 2 aromatic carbocycles. The molecule has 0 spiro atoms. The van der Waals surface area contributed by atoms with Crippen molar-refractivity contribution in [1.82, 2.24) is 4.90 Å². The third-order valence-corrected chi connectivity index (χ3v) is 7.70. The molecule has 2 saturated carbocycles. The van der Waals surface area contributed by atoms with E-state index in [9.17, 15) is 18.8 Å². The summed E-state index contributed by atoms with van der Waals surface area (Å²) >= 11 is 0. The summed E-state index contributed by atoms with van der Waals surface area (Å²) in [6.45, 7) is 0. The van der Waals surface area contributed by atoms with Crippen molar-refractivity contribution < 1.29 is 23.9 Å². The third kappa shape index (κ3) is 3.97. The van der Waals surface area contributed by atoms with E-state index in [1.165, 1.54) is 24.3 Å². The third-order valence-electron chi connectivity index (χ3n) is 7.70. The van der Waals surface area contributed by atoms with E-state index in [1.807, 2.05) is 34.1 Å². The Bertz CT molecular complexity index is 1100. The number of benzene rings is 2. The summed E-state index contributed by atoms with van der Waals surface area (Å²) in [6, 6.07) is 13.3. The molecular weight excluding hydrogens is 435 g/mol. The molecule has 6 nitrogen and oxygen atoms in total. The Morgan fingerprint density at radius 3 is 2.32 bits per heavy atom. The molecule has 3 aliphatic rings. The van der Waals surface area contributed by atoms with Gasteiger partial charge < -0.3 is 14.9 Å². The van der Waals surface area contributed by atoms with Crippen LogP contribution in [-0.4, -0.2) is 39.9 Å². The Hall–Kier alpha value is -3.22. The molecular formula is C27H29FN2O4. The van der Waals surface area contributed by atoms with Gasteiger partial charge >= 0.3 is 5.97 Å². The first-order valence-electron chi connectivity index (χ1n) is 12.2. The second-order valence-corrected chi connectivity index (χ2v) is 9.63. The Morgan fingerprint density at radius 1 is 0.941 bits per heavy atom. The van der Waals surface area contributed by atoms with Crippen LogP contribution in [0.2, 0.25) is 0 Å². The second kappa shape index (κ2) is 9.20. The summed E-state index contributed by atoms with van der Waals surface area (Å²) in [7, 11) is 0. The molecule has 0 saturated heterocycles. The van der Waals surface area contributed by atoms with Gasteiger partial charge in [0.05, 0.1) is 12.5 Å². The molecule has 1 N–H and O–H groups in total. The first-order valence-corrected chi connectivity index (χ1v) is 12.2. The smallest absolute Gasteiger partial charge is 0.303 e. The zero-order valence-electron chi connectivity index (χ0n) is 19.0. The Labute approximate surface area is 198 Å². The lowest BCUT2D eigenvalue weighted by molar-refractivity contribution is -0.145. The van der Waals surface area contributed by atoms with Crippen LogP contribution in [0, 0.1) is 11.7 Å². The van der Waals surface area contributed by atoms with Crippen molar-refractivity contribution in [3.63, 3.8) is 0 Å². The molecule has 3 unspecified atom stereocenters. The van der Waals surface area contributed by atoms with Crippen molar-refractivity contribution in [2.45, 2.75) is 69.5 Å². The number of carbonyl (C=O) groups is 3. The minimum Gasteiger partial charge on any atom is -0.481 e. The number of rotatable bonds is 6.